The van der Waals surface area contributed by atoms with Crippen molar-refractivity contribution in [1.29, 1.82) is 0 Å². The fraction of sp³-hybridized carbons (Fsp3) is 0.130. The smallest absolute Gasteiger partial charge is 0.261 e. The van der Waals surface area contributed by atoms with Gasteiger partial charge >= 0.3 is 0 Å². The van der Waals surface area contributed by atoms with Gasteiger partial charge in [0.2, 0.25) is 0 Å². The van der Waals surface area contributed by atoms with Crippen LogP contribution in [0.3, 0.4) is 0 Å². The van der Waals surface area contributed by atoms with Gasteiger partial charge in [-0.05, 0) is 73.2 Å². The summed E-state index contributed by atoms with van der Waals surface area (Å²) in [6, 6.07) is 22.1. The van der Waals surface area contributed by atoms with Crippen molar-refractivity contribution >= 4 is 44.9 Å². The van der Waals surface area contributed by atoms with Gasteiger partial charge in [-0.25, -0.2) is 0 Å². The number of amides is 1. The second-order valence-electron chi connectivity index (χ2n) is 6.34. The molecule has 0 aliphatic rings. The predicted octanol–water partition coefficient (Wildman–Crippen LogP) is 6.16. The summed E-state index contributed by atoms with van der Waals surface area (Å²) in [5.74, 6) is 1.64. The van der Waals surface area contributed by atoms with Crippen molar-refractivity contribution in [1.82, 2.24) is 5.32 Å². The second-order valence-corrected chi connectivity index (χ2v) is 7.66. The lowest BCUT2D eigenvalue weighted by molar-refractivity contribution is 0.0973. The Labute approximate surface area is 189 Å². The molecule has 0 saturated heterocycles. The van der Waals surface area contributed by atoms with Crippen LogP contribution in [-0.4, -0.2) is 17.6 Å². The van der Waals surface area contributed by atoms with Crippen LogP contribution in [0.2, 0.25) is 0 Å². The summed E-state index contributed by atoms with van der Waals surface area (Å²) < 4.78 is 12.2. The van der Waals surface area contributed by atoms with Crippen LogP contribution in [0.25, 0.3) is 0 Å². The molecule has 7 heteroatoms. The maximum Gasteiger partial charge on any atom is 0.261 e. The molecule has 0 bridgehead atoms. The van der Waals surface area contributed by atoms with E-state index in [-0.39, 0.29) is 11.0 Å². The van der Waals surface area contributed by atoms with Crippen molar-refractivity contribution in [2.24, 2.45) is 0 Å². The number of carbonyl (C=O) groups is 1. The molecule has 0 aliphatic carbocycles. The average Bonchev–Trinajstić information content (AvgIpc) is 2.75. The van der Waals surface area contributed by atoms with Crippen molar-refractivity contribution in [3.05, 3.63) is 82.8 Å². The first-order valence-corrected chi connectivity index (χ1v) is 10.6. The highest BCUT2D eigenvalue weighted by Crippen LogP contribution is 2.24. The van der Waals surface area contributed by atoms with E-state index in [2.05, 4.69) is 26.6 Å². The molecule has 0 radical (unpaired) electrons. The third kappa shape index (κ3) is 6.30. The molecule has 154 valence electrons. The van der Waals surface area contributed by atoms with Gasteiger partial charge < -0.3 is 14.8 Å². The van der Waals surface area contributed by atoms with Crippen LogP contribution in [0.15, 0.2) is 77.3 Å². The minimum Gasteiger partial charge on any atom is -0.493 e. The SMILES string of the molecule is CCCOc1ccc(Br)cc1C(=O)NC(=S)Nc1ccc(Oc2ccccc2)cc1. The van der Waals surface area contributed by atoms with Crippen molar-refractivity contribution in [3.8, 4) is 17.2 Å². The Hall–Kier alpha value is -2.90. The molecule has 0 saturated carbocycles. The van der Waals surface area contributed by atoms with E-state index in [0.717, 1.165) is 22.3 Å². The van der Waals surface area contributed by atoms with Gasteiger partial charge in [-0.3, -0.25) is 10.1 Å². The lowest BCUT2D eigenvalue weighted by Gasteiger charge is -2.13. The zero-order chi connectivity index (χ0) is 21.3. The Morgan fingerprint density at radius 2 is 1.70 bits per heavy atom. The molecule has 3 rings (SSSR count). The number of rotatable bonds is 7. The van der Waals surface area contributed by atoms with Gasteiger partial charge in [-0.2, -0.15) is 0 Å². The highest BCUT2D eigenvalue weighted by Gasteiger charge is 2.15. The van der Waals surface area contributed by atoms with Gasteiger partial charge in [0.15, 0.2) is 5.11 Å². The van der Waals surface area contributed by atoms with Gasteiger partial charge in [0.25, 0.3) is 5.91 Å². The zero-order valence-corrected chi connectivity index (χ0v) is 18.8. The van der Waals surface area contributed by atoms with Gasteiger partial charge in [-0.15, -0.1) is 0 Å². The van der Waals surface area contributed by atoms with Crippen LogP contribution in [0.1, 0.15) is 23.7 Å². The quantitative estimate of drug-likeness (QED) is 0.393. The van der Waals surface area contributed by atoms with Crippen LogP contribution in [-0.2, 0) is 0 Å². The van der Waals surface area contributed by atoms with Crippen LogP contribution in [0.4, 0.5) is 5.69 Å². The first-order valence-electron chi connectivity index (χ1n) is 9.43. The standard InChI is InChI=1S/C23H21BrN2O3S/c1-2-14-28-21-13-8-16(24)15-20(21)22(27)26-23(30)25-17-9-11-19(12-10-17)29-18-6-4-3-5-7-18/h3-13,15H,2,14H2,1H3,(H2,25,26,27,30). The summed E-state index contributed by atoms with van der Waals surface area (Å²) in [6.45, 7) is 2.54. The molecule has 0 aliphatic heterocycles. The van der Waals surface area contributed by atoms with Crippen LogP contribution in [0, 0.1) is 0 Å². The molecule has 1 amide bonds. The maximum atomic E-state index is 12.7. The molecule has 2 N–H and O–H groups in total. The lowest BCUT2D eigenvalue weighted by atomic mass is 10.2. The van der Waals surface area contributed by atoms with E-state index in [0.29, 0.717) is 23.7 Å². The summed E-state index contributed by atoms with van der Waals surface area (Å²) in [6.07, 6.45) is 0.848. The Morgan fingerprint density at radius 1 is 1.00 bits per heavy atom. The number of benzene rings is 3. The Kier molecular flexibility index (Phi) is 7.82. The fourth-order valence-corrected chi connectivity index (χ4v) is 3.15. The third-order valence-corrected chi connectivity index (χ3v) is 4.66. The number of anilines is 1. The monoisotopic (exact) mass is 484 g/mol. The minimum atomic E-state index is -0.344. The van der Waals surface area contributed by atoms with E-state index in [1.165, 1.54) is 0 Å². The molecule has 0 atom stereocenters. The number of thiocarbonyl (C=S) groups is 1. The number of halogens is 1. The summed E-state index contributed by atoms with van der Waals surface area (Å²) >= 11 is 8.67. The minimum absolute atomic E-state index is 0.193. The third-order valence-electron chi connectivity index (χ3n) is 3.97. The van der Waals surface area contributed by atoms with E-state index in [9.17, 15) is 4.79 Å². The van der Waals surface area contributed by atoms with Crippen LogP contribution < -0.4 is 20.1 Å². The Morgan fingerprint density at radius 3 is 2.40 bits per heavy atom. The van der Waals surface area contributed by atoms with Gasteiger partial charge in [0.05, 0.1) is 12.2 Å². The molecule has 0 heterocycles. The number of nitrogens with one attached hydrogen (secondary N) is 2. The highest BCUT2D eigenvalue weighted by molar-refractivity contribution is 9.10. The Balaban J connectivity index is 1.60. The molecular formula is C23H21BrN2O3S. The van der Waals surface area contributed by atoms with E-state index in [4.69, 9.17) is 21.7 Å². The van der Waals surface area contributed by atoms with Gasteiger partial charge in [0, 0.05) is 10.2 Å². The normalized spacial score (nSPS) is 10.2. The molecule has 0 aromatic heterocycles. The molecular weight excluding hydrogens is 464 g/mol. The van der Waals surface area contributed by atoms with Gasteiger partial charge in [0.1, 0.15) is 17.2 Å². The average molecular weight is 485 g/mol. The largest absolute Gasteiger partial charge is 0.493 e. The molecule has 0 spiro atoms. The van der Waals surface area contributed by atoms with Crippen LogP contribution in [0.5, 0.6) is 17.2 Å². The lowest BCUT2D eigenvalue weighted by Crippen LogP contribution is -2.34. The molecule has 3 aromatic rings. The summed E-state index contributed by atoms with van der Waals surface area (Å²) in [5.41, 5.74) is 1.14. The van der Waals surface area contributed by atoms with Crippen molar-refractivity contribution in [2.75, 3.05) is 11.9 Å². The second kappa shape index (κ2) is 10.8. The molecule has 0 unspecified atom stereocenters. The van der Waals surface area contributed by atoms with Crippen LogP contribution >= 0.6 is 28.1 Å². The van der Waals surface area contributed by atoms with E-state index >= 15 is 0 Å². The topological polar surface area (TPSA) is 59.6 Å². The number of hydrogen-bond donors (Lipinski definition) is 2. The first kappa shape index (κ1) is 21.8. The van der Waals surface area contributed by atoms with E-state index in [1.807, 2.05) is 67.6 Å². The number of carbonyl (C=O) groups excluding carboxylic acids is 1. The molecule has 0 fully saturated rings. The number of hydrogen-bond acceptors (Lipinski definition) is 4. The van der Waals surface area contributed by atoms with E-state index < -0.39 is 0 Å². The summed E-state index contributed by atoms with van der Waals surface area (Å²) in [5, 5.41) is 5.89. The highest BCUT2D eigenvalue weighted by atomic mass is 79.9. The van der Waals surface area contributed by atoms with Crippen molar-refractivity contribution < 1.29 is 14.3 Å². The fourth-order valence-electron chi connectivity index (χ4n) is 2.58. The van der Waals surface area contributed by atoms with Crippen molar-refractivity contribution in [3.63, 3.8) is 0 Å². The number of para-hydroxylation sites is 1. The maximum absolute atomic E-state index is 12.7. The predicted molar refractivity (Wildman–Crippen MR) is 127 cm³/mol. The molecule has 30 heavy (non-hydrogen) atoms. The Bertz CT molecular complexity index is 1010. The summed E-state index contributed by atoms with van der Waals surface area (Å²) in [7, 11) is 0. The van der Waals surface area contributed by atoms with Gasteiger partial charge in [-0.1, -0.05) is 41.1 Å². The summed E-state index contributed by atoms with van der Waals surface area (Å²) in [4.78, 5) is 12.7. The van der Waals surface area contributed by atoms with E-state index in [1.54, 1.807) is 12.1 Å². The van der Waals surface area contributed by atoms with Crippen molar-refractivity contribution in [2.45, 2.75) is 13.3 Å². The molecule has 5 nitrogen and oxygen atoms in total. The molecule has 3 aromatic carbocycles. The number of ether oxygens (including phenoxy) is 2. The first-order chi connectivity index (χ1) is 14.5. The zero-order valence-electron chi connectivity index (χ0n) is 16.4.